The van der Waals surface area contributed by atoms with Crippen molar-refractivity contribution in [2.75, 3.05) is 0 Å². The van der Waals surface area contributed by atoms with Crippen molar-refractivity contribution in [3.8, 4) is 0 Å². The molecular formula is C9H2F14O2. The summed E-state index contributed by atoms with van der Waals surface area (Å²) < 4.78 is 174. The van der Waals surface area contributed by atoms with Crippen molar-refractivity contribution in [2.45, 2.75) is 35.8 Å². The summed E-state index contributed by atoms with van der Waals surface area (Å²) in [6.45, 7) is 0. The highest BCUT2D eigenvalue weighted by Gasteiger charge is 2.81. The molecule has 0 rings (SSSR count). The molecule has 0 radical (unpaired) electrons. The van der Waals surface area contributed by atoms with Gasteiger partial charge < -0.3 is 5.11 Å². The van der Waals surface area contributed by atoms with Crippen LogP contribution in [-0.4, -0.2) is 46.9 Å². The maximum absolute atomic E-state index is 12.8. The first-order chi connectivity index (χ1) is 10.6. The fourth-order valence-electron chi connectivity index (χ4n) is 1.01. The van der Waals surface area contributed by atoms with Crippen LogP contribution in [0.4, 0.5) is 61.5 Å². The molecule has 25 heavy (non-hydrogen) atoms. The molecule has 1 N–H and O–H groups in total. The fraction of sp³-hybridized carbons (Fsp3) is 0.667. The van der Waals surface area contributed by atoms with Gasteiger partial charge in [-0.2, -0.15) is 57.1 Å². The first-order valence-corrected chi connectivity index (χ1v) is 5.15. The lowest BCUT2D eigenvalue weighted by atomic mass is 10.0. The molecule has 0 atom stereocenters. The quantitative estimate of drug-likeness (QED) is 0.650. The molecular weight excluding hydrogens is 406 g/mol. The van der Waals surface area contributed by atoms with E-state index in [2.05, 4.69) is 0 Å². The minimum absolute atomic E-state index is 2.64. The van der Waals surface area contributed by atoms with Gasteiger partial charge in [0.05, 0.1) is 0 Å². The van der Waals surface area contributed by atoms with Gasteiger partial charge in [0.15, 0.2) is 5.83 Å². The van der Waals surface area contributed by atoms with E-state index >= 15 is 0 Å². The second kappa shape index (κ2) is 5.89. The Morgan fingerprint density at radius 3 is 1.32 bits per heavy atom. The summed E-state index contributed by atoms with van der Waals surface area (Å²) in [5, 5.41) is 7.69. The lowest BCUT2D eigenvalue weighted by Crippen LogP contribution is -2.60. The van der Waals surface area contributed by atoms with Crippen LogP contribution in [0.5, 0.6) is 0 Å². The second-order valence-electron chi connectivity index (χ2n) is 4.22. The van der Waals surface area contributed by atoms with Crippen molar-refractivity contribution >= 4 is 5.97 Å². The van der Waals surface area contributed by atoms with E-state index in [1.165, 1.54) is 0 Å². The van der Waals surface area contributed by atoms with E-state index in [0.29, 0.717) is 0 Å². The molecule has 0 aromatic carbocycles. The third-order valence-electron chi connectivity index (χ3n) is 2.44. The van der Waals surface area contributed by atoms with Gasteiger partial charge in [0.2, 0.25) is 0 Å². The normalized spacial score (nSPS) is 16.2. The number of halogens is 14. The molecule has 0 unspecified atom stereocenters. The van der Waals surface area contributed by atoms with Crippen LogP contribution in [0.2, 0.25) is 0 Å². The molecule has 0 bridgehead atoms. The highest BCUT2D eigenvalue weighted by Crippen LogP contribution is 2.54. The molecule has 0 saturated carbocycles. The van der Waals surface area contributed by atoms with Gasteiger partial charge in [-0.15, -0.1) is 0 Å². The lowest BCUT2D eigenvalue weighted by Gasteiger charge is -2.32. The summed E-state index contributed by atoms with van der Waals surface area (Å²) in [4.78, 5) is 9.80. The van der Waals surface area contributed by atoms with Crippen LogP contribution in [0.1, 0.15) is 0 Å². The van der Waals surface area contributed by atoms with Crippen LogP contribution in [0.15, 0.2) is 11.9 Å². The average molecular weight is 408 g/mol. The minimum atomic E-state index is -7.59. The zero-order chi connectivity index (χ0) is 20.9. The zero-order valence-electron chi connectivity index (χ0n) is 10.7. The van der Waals surface area contributed by atoms with Crippen LogP contribution >= 0.6 is 0 Å². The number of carboxylic acids is 1. The molecule has 0 aromatic heterocycles. The Labute approximate surface area is 126 Å². The second-order valence-corrected chi connectivity index (χ2v) is 4.22. The first kappa shape index (κ1) is 23.2. The van der Waals surface area contributed by atoms with Crippen molar-refractivity contribution in [1.29, 1.82) is 0 Å². The van der Waals surface area contributed by atoms with Crippen molar-refractivity contribution in [3.05, 3.63) is 11.9 Å². The lowest BCUT2D eigenvalue weighted by molar-refractivity contribution is -0.388. The SMILES string of the molecule is O=C(O)C(F)(F)C(F)(F)/C(F)=C\C(F)(F)C(F)(F)C(F)(F)C(F)(F)F. The number of hydrogen-bond acceptors (Lipinski definition) is 1. The Bertz CT molecular complexity index is 557. The Morgan fingerprint density at radius 2 is 1.04 bits per heavy atom. The molecule has 0 aliphatic carbocycles. The summed E-state index contributed by atoms with van der Waals surface area (Å²) in [5.41, 5.74) is 0. The van der Waals surface area contributed by atoms with Crippen molar-refractivity contribution < 1.29 is 71.4 Å². The van der Waals surface area contributed by atoms with E-state index in [4.69, 9.17) is 5.11 Å². The van der Waals surface area contributed by atoms with Crippen LogP contribution in [0, 0.1) is 0 Å². The highest BCUT2D eigenvalue weighted by molar-refractivity contribution is 5.77. The number of carboxylic acid groups (broad SMARTS) is 1. The van der Waals surface area contributed by atoms with Gasteiger partial charge in [0.25, 0.3) is 0 Å². The van der Waals surface area contributed by atoms with E-state index in [-0.39, 0.29) is 0 Å². The monoisotopic (exact) mass is 408 g/mol. The van der Waals surface area contributed by atoms with Gasteiger partial charge in [-0.1, -0.05) is 0 Å². The highest BCUT2D eigenvalue weighted by atomic mass is 19.4. The number of hydrogen-bond donors (Lipinski definition) is 1. The minimum Gasteiger partial charge on any atom is -0.477 e. The van der Waals surface area contributed by atoms with Gasteiger partial charge in [-0.3, -0.25) is 0 Å². The van der Waals surface area contributed by atoms with Gasteiger partial charge in [-0.05, 0) is 0 Å². The molecule has 0 aliphatic rings. The van der Waals surface area contributed by atoms with Crippen LogP contribution in [0.3, 0.4) is 0 Å². The van der Waals surface area contributed by atoms with Gasteiger partial charge in [-0.25, -0.2) is 9.18 Å². The van der Waals surface area contributed by atoms with Gasteiger partial charge >= 0.3 is 41.8 Å². The van der Waals surface area contributed by atoms with E-state index < -0.39 is 53.7 Å². The first-order valence-electron chi connectivity index (χ1n) is 5.15. The van der Waals surface area contributed by atoms with Crippen molar-refractivity contribution in [3.63, 3.8) is 0 Å². The third-order valence-corrected chi connectivity index (χ3v) is 2.44. The summed E-state index contributed by atoms with van der Waals surface area (Å²) in [6, 6.07) is 0. The summed E-state index contributed by atoms with van der Waals surface area (Å²) in [7, 11) is 0. The Hall–Kier alpha value is -1.77. The fourth-order valence-corrected chi connectivity index (χ4v) is 1.01. The number of allylic oxidation sites excluding steroid dienone is 2. The standard InChI is InChI=1S/C9H2F14O2/c10-2(5(13,14)6(15,16)3(24)25)1-4(11,12)7(17,18)8(19,20)9(21,22)23/h1H,(H,24,25)/b2-1+. The maximum atomic E-state index is 12.8. The molecule has 0 fully saturated rings. The van der Waals surface area contributed by atoms with Crippen LogP contribution in [-0.2, 0) is 4.79 Å². The van der Waals surface area contributed by atoms with E-state index in [0.717, 1.165) is 0 Å². The summed E-state index contributed by atoms with van der Waals surface area (Å²) >= 11 is 0. The predicted octanol–water partition coefficient (Wildman–Crippen LogP) is 4.66. The summed E-state index contributed by atoms with van der Waals surface area (Å²) in [5.74, 6) is -43.8. The molecule has 0 aliphatic heterocycles. The predicted molar refractivity (Wildman–Crippen MR) is 47.6 cm³/mol. The summed E-state index contributed by atoms with van der Waals surface area (Å²) in [6.07, 6.45) is -10.00. The molecule has 0 aromatic rings. The number of aliphatic carboxylic acids is 1. The number of alkyl halides is 13. The Kier molecular flexibility index (Phi) is 5.48. The van der Waals surface area contributed by atoms with Gasteiger partial charge in [0.1, 0.15) is 0 Å². The van der Waals surface area contributed by atoms with Gasteiger partial charge in [0, 0.05) is 6.08 Å². The average Bonchev–Trinajstić information content (AvgIpc) is 2.35. The molecule has 148 valence electrons. The Balaban J connectivity index is 6.22. The maximum Gasteiger partial charge on any atom is 0.460 e. The van der Waals surface area contributed by atoms with Crippen molar-refractivity contribution in [1.82, 2.24) is 0 Å². The third kappa shape index (κ3) is 3.47. The van der Waals surface area contributed by atoms with Crippen LogP contribution < -0.4 is 0 Å². The largest absolute Gasteiger partial charge is 0.477 e. The zero-order valence-corrected chi connectivity index (χ0v) is 10.7. The number of rotatable bonds is 6. The smallest absolute Gasteiger partial charge is 0.460 e. The molecule has 0 amide bonds. The van der Waals surface area contributed by atoms with E-state index in [1.54, 1.807) is 0 Å². The molecule has 2 nitrogen and oxygen atoms in total. The van der Waals surface area contributed by atoms with E-state index in [9.17, 15) is 66.3 Å². The molecule has 0 heterocycles. The van der Waals surface area contributed by atoms with Crippen LogP contribution in [0.25, 0.3) is 0 Å². The Morgan fingerprint density at radius 1 is 0.680 bits per heavy atom. The van der Waals surface area contributed by atoms with Crippen molar-refractivity contribution in [2.24, 2.45) is 0 Å². The van der Waals surface area contributed by atoms with E-state index in [1.807, 2.05) is 0 Å². The molecule has 16 heteroatoms. The molecule has 0 saturated heterocycles. The molecule has 0 spiro atoms. The topological polar surface area (TPSA) is 37.3 Å². The number of carbonyl (C=O) groups is 1.